The van der Waals surface area contributed by atoms with Crippen molar-refractivity contribution in [2.45, 2.75) is 40.7 Å². The zero-order chi connectivity index (χ0) is 26.3. The lowest BCUT2D eigenvalue weighted by Gasteiger charge is -2.21. The van der Waals surface area contributed by atoms with Crippen molar-refractivity contribution >= 4 is 23.6 Å². The van der Waals surface area contributed by atoms with Gasteiger partial charge in [-0.05, 0) is 44.4 Å². The number of benzene rings is 1. The Morgan fingerprint density at radius 1 is 0.971 bits per heavy atom. The van der Waals surface area contributed by atoms with Crippen LogP contribution >= 0.6 is 0 Å². The number of methoxy groups -OCH3 is 2. The first-order valence-corrected chi connectivity index (χ1v) is 11.1. The molecule has 0 radical (unpaired) electrons. The van der Waals surface area contributed by atoms with Gasteiger partial charge in [0.2, 0.25) is 5.78 Å². The lowest BCUT2D eigenvalue weighted by Crippen LogP contribution is -2.45. The number of ketones is 1. The molecule has 190 valence electrons. The molecule has 35 heavy (non-hydrogen) atoms. The quantitative estimate of drug-likeness (QED) is 0.364. The van der Waals surface area contributed by atoms with Gasteiger partial charge < -0.3 is 29.2 Å². The van der Waals surface area contributed by atoms with E-state index in [4.69, 9.17) is 18.9 Å². The second-order valence-electron chi connectivity index (χ2n) is 8.17. The predicted molar refractivity (Wildman–Crippen MR) is 127 cm³/mol. The van der Waals surface area contributed by atoms with E-state index in [-0.39, 0.29) is 29.3 Å². The molecule has 0 unspecified atom stereocenters. The monoisotopic (exact) mass is 488 g/mol. The van der Waals surface area contributed by atoms with Gasteiger partial charge in [-0.25, -0.2) is 9.59 Å². The summed E-state index contributed by atoms with van der Waals surface area (Å²) in [6.45, 7) is 8.08. The first kappa shape index (κ1) is 27.4. The minimum atomic E-state index is -1.01. The normalized spacial score (nSPS) is 11.5. The van der Waals surface area contributed by atoms with E-state index in [1.165, 1.54) is 26.4 Å². The summed E-state index contributed by atoms with van der Waals surface area (Å²) in [6, 6.07) is 3.64. The number of H-pyrrole nitrogens is 1. The van der Waals surface area contributed by atoms with Crippen LogP contribution in [-0.2, 0) is 14.3 Å². The summed E-state index contributed by atoms with van der Waals surface area (Å²) in [5.41, 5.74) is 1.58. The summed E-state index contributed by atoms with van der Waals surface area (Å²) in [5.74, 6) is -1.82. The second kappa shape index (κ2) is 12.0. The number of aromatic amines is 1. The third kappa shape index (κ3) is 6.62. The minimum absolute atomic E-state index is 0.159. The SMILES string of the molecule is CCOC(=O)c1c(C)[nH]c(C(=O)COC(=O)[C@@H](NC(=O)c2cc(OC)cc(OC)c2)C(C)C)c1C. The van der Waals surface area contributed by atoms with Crippen LogP contribution in [0.25, 0.3) is 0 Å². The number of Topliss-reactive ketones (excluding diaryl/α,β-unsaturated/α-hetero) is 1. The topological polar surface area (TPSA) is 133 Å². The summed E-state index contributed by atoms with van der Waals surface area (Å²) in [6.07, 6.45) is 0. The Morgan fingerprint density at radius 2 is 1.57 bits per heavy atom. The molecule has 1 aromatic heterocycles. The van der Waals surface area contributed by atoms with Gasteiger partial charge in [0.25, 0.3) is 5.91 Å². The van der Waals surface area contributed by atoms with Gasteiger partial charge in [0.15, 0.2) is 6.61 Å². The fourth-order valence-corrected chi connectivity index (χ4v) is 3.50. The number of nitrogens with one attached hydrogen (secondary N) is 2. The van der Waals surface area contributed by atoms with Crippen molar-refractivity contribution < 1.29 is 38.1 Å². The Morgan fingerprint density at radius 3 is 2.09 bits per heavy atom. The molecule has 0 bridgehead atoms. The van der Waals surface area contributed by atoms with Crippen LogP contribution < -0.4 is 14.8 Å². The number of carbonyl (C=O) groups excluding carboxylic acids is 4. The molecule has 0 spiro atoms. The molecular weight excluding hydrogens is 456 g/mol. The molecule has 1 heterocycles. The number of esters is 2. The van der Waals surface area contributed by atoms with Gasteiger partial charge in [0, 0.05) is 17.3 Å². The van der Waals surface area contributed by atoms with E-state index >= 15 is 0 Å². The highest BCUT2D eigenvalue weighted by Crippen LogP contribution is 2.23. The number of hydrogen-bond acceptors (Lipinski definition) is 8. The molecule has 10 heteroatoms. The van der Waals surface area contributed by atoms with E-state index in [9.17, 15) is 19.2 Å². The van der Waals surface area contributed by atoms with Crippen LogP contribution in [0, 0.1) is 19.8 Å². The van der Waals surface area contributed by atoms with Crippen molar-refractivity contribution in [1.29, 1.82) is 0 Å². The van der Waals surface area contributed by atoms with Gasteiger partial charge in [0.1, 0.15) is 17.5 Å². The third-order valence-corrected chi connectivity index (χ3v) is 5.36. The molecule has 1 atom stereocenters. The molecule has 0 fully saturated rings. The van der Waals surface area contributed by atoms with E-state index in [1.54, 1.807) is 40.7 Å². The van der Waals surface area contributed by atoms with Gasteiger partial charge in [-0.2, -0.15) is 0 Å². The van der Waals surface area contributed by atoms with E-state index in [0.717, 1.165) is 0 Å². The maximum atomic E-state index is 12.8. The molecule has 0 aliphatic carbocycles. The highest BCUT2D eigenvalue weighted by molar-refractivity contribution is 6.03. The molecule has 0 saturated carbocycles. The van der Waals surface area contributed by atoms with Crippen LogP contribution in [0.4, 0.5) is 0 Å². The minimum Gasteiger partial charge on any atom is -0.497 e. The maximum Gasteiger partial charge on any atom is 0.340 e. The Bertz CT molecular complexity index is 1080. The molecule has 0 saturated heterocycles. The third-order valence-electron chi connectivity index (χ3n) is 5.36. The molecule has 1 amide bonds. The first-order valence-electron chi connectivity index (χ1n) is 11.1. The van der Waals surface area contributed by atoms with Crippen LogP contribution in [0.5, 0.6) is 11.5 Å². The molecule has 0 aliphatic heterocycles. The van der Waals surface area contributed by atoms with Crippen molar-refractivity contribution in [2.75, 3.05) is 27.4 Å². The lowest BCUT2D eigenvalue weighted by atomic mass is 10.0. The van der Waals surface area contributed by atoms with Crippen LogP contribution in [0.2, 0.25) is 0 Å². The molecule has 2 rings (SSSR count). The molecule has 1 aromatic carbocycles. The molecule has 2 N–H and O–H groups in total. The largest absolute Gasteiger partial charge is 0.497 e. The van der Waals surface area contributed by atoms with Gasteiger partial charge in [-0.15, -0.1) is 0 Å². The maximum absolute atomic E-state index is 12.8. The lowest BCUT2D eigenvalue weighted by molar-refractivity contribution is -0.145. The van der Waals surface area contributed by atoms with E-state index < -0.39 is 36.3 Å². The van der Waals surface area contributed by atoms with Crippen molar-refractivity contribution in [2.24, 2.45) is 5.92 Å². The summed E-state index contributed by atoms with van der Waals surface area (Å²) in [4.78, 5) is 53.3. The van der Waals surface area contributed by atoms with Crippen molar-refractivity contribution in [3.8, 4) is 11.5 Å². The summed E-state index contributed by atoms with van der Waals surface area (Å²) >= 11 is 0. The number of hydrogen-bond donors (Lipinski definition) is 2. The van der Waals surface area contributed by atoms with Crippen LogP contribution in [-0.4, -0.2) is 62.1 Å². The number of ether oxygens (including phenoxy) is 4. The highest BCUT2D eigenvalue weighted by atomic mass is 16.5. The molecule has 10 nitrogen and oxygen atoms in total. The summed E-state index contributed by atoms with van der Waals surface area (Å²) in [7, 11) is 2.93. The summed E-state index contributed by atoms with van der Waals surface area (Å²) < 4.78 is 20.6. The number of aromatic nitrogens is 1. The fraction of sp³-hybridized carbons (Fsp3) is 0.440. The van der Waals surface area contributed by atoms with Crippen molar-refractivity contribution in [3.63, 3.8) is 0 Å². The zero-order valence-electron chi connectivity index (χ0n) is 21.1. The van der Waals surface area contributed by atoms with Gasteiger partial charge in [0.05, 0.1) is 32.1 Å². The van der Waals surface area contributed by atoms with Crippen LogP contribution in [0.3, 0.4) is 0 Å². The molecule has 0 aliphatic rings. The van der Waals surface area contributed by atoms with Crippen LogP contribution in [0.1, 0.15) is 63.2 Å². The van der Waals surface area contributed by atoms with E-state index in [0.29, 0.717) is 22.8 Å². The van der Waals surface area contributed by atoms with Gasteiger partial charge >= 0.3 is 11.9 Å². The van der Waals surface area contributed by atoms with Crippen molar-refractivity contribution in [3.05, 3.63) is 46.3 Å². The fourth-order valence-electron chi connectivity index (χ4n) is 3.50. The second-order valence-corrected chi connectivity index (χ2v) is 8.17. The molecular formula is C25H32N2O8. The standard InChI is InChI=1S/C25H32N2O8/c1-8-34-24(30)20-14(4)22(26-15(20)5)19(28)12-35-25(31)21(13(2)3)27-23(29)16-9-17(32-6)11-18(10-16)33-7/h9-11,13,21,26H,8,12H2,1-7H3,(H,27,29)/t21-/m0/s1. The number of amides is 1. The smallest absolute Gasteiger partial charge is 0.340 e. The highest BCUT2D eigenvalue weighted by Gasteiger charge is 2.29. The molecule has 2 aromatic rings. The Kier molecular flexibility index (Phi) is 9.44. The first-order chi connectivity index (χ1) is 16.5. The summed E-state index contributed by atoms with van der Waals surface area (Å²) in [5, 5.41) is 2.65. The number of carbonyl (C=O) groups is 4. The zero-order valence-corrected chi connectivity index (χ0v) is 21.1. The van der Waals surface area contributed by atoms with Gasteiger partial charge in [-0.1, -0.05) is 13.8 Å². The van der Waals surface area contributed by atoms with E-state index in [1.807, 2.05) is 0 Å². The van der Waals surface area contributed by atoms with Crippen molar-refractivity contribution in [1.82, 2.24) is 10.3 Å². The predicted octanol–water partition coefficient (Wildman–Crippen LogP) is 3.01. The Balaban J connectivity index is 2.12. The van der Waals surface area contributed by atoms with E-state index in [2.05, 4.69) is 10.3 Å². The average molecular weight is 489 g/mol. The number of aryl methyl sites for hydroxylation is 1. The average Bonchev–Trinajstić information content (AvgIpc) is 3.13. The number of rotatable bonds is 11. The Hall–Kier alpha value is -3.82. The Labute approximate surface area is 204 Å². The van der Waals surface area contributed by atoms with Gasteiger partial charge in [-0.3, -0.25) is 9.59 Å². The van der Waals surface area contributed by atoms with Crippen LogP contribution in [0.15, 0.2) is 18.2 Å².